The van der Waals surface area contributed by atoms with E-state index >= 15 is 0 Å². The number of hydrogen-bond donors (Lipinski definition) is 4. The molecule has 3 aromatic rings. The Morgan fingerprint density at radius 2 is 2.06 bits per heavy atom. The summed E-state index contributed by atoms with van der Waals surface area (Å²) in [6, 6.07) is 1.35. The van der Waals surface area contributed by atoms with Gasteiger partial charge in [-0.1, -0.05) is 18.5 Å². The molecule has 12 heteroatoms. The second-order valence-corrected chi connectivity index (χ2v) is 9.37. The lowest BCUT2D eigenvalue weighted by atomic mass is 9.73. The van der Waals surface area contributed by atoms with E-state index in [0.29, 0.717) is 42.8 Å². The number of amides is 1. The molecule has 1 aliphatic rings. The topological polar surface area (TPSA) is 131 Å². The molecule has 2 heterocycles. The summed E-state index contributed by atoms with van der Waals surface area (Å²) in [4.78, 5) is 25.3. The number of imidazole rings is 1. The number of nitrogens with zero attached hydrogens (tertiary/aromatic N) is 4. The van der Waals surface area contributed by atoms with E-state index in [1.165, 1.54) is 6.20 Å². The summed E-state index contributed by atoms with van der Waals surface area (Å²) in [6.07, 6.45) is 3.87. The molecule has 0 saturated heterocycles. The Morgan fingerprint density at radius 1 is 1.35 bits per heavy atom. The van der Waals surface area contributed by atoms with Crippen LogP contribution in [0.1, 0.15) is 45.6 Å². The van der Waals surface area contributed by atoms with Crippen LogP contribution >= 0.6 is 11.6 Å². The van der Waals surface area contributed by atoms with Gasteiger partial charge in [-0.05, 0) is 38.7 Å². The molecule has 182 valence electrons. The number of nitrogens with two attached hydrogens (primary N) is 1. The van der Waals surface area contributed by atoms with Crippen LogP contribution in [0.25, 0.3) is 11.2 Å². The van der Waals surface area contributed by atoms with E-state index < -0.39 is 17.0 Å². The first-order chi connectivity index (χ1) is 16.1. The van der Waals surface area contributed by atoms with Crippen LogP contribution in [-0.2, 0) is 4.79 Å². The van der Waals surface area contributed by atoms with E-state index in [1.807, 2.05) is 11.5 Å². The highest BCUT2D eigenvalue weighted by Crippen LogP contribution is 2.43. The van der Waals surface area contributed by atoms with Crippen molar-refractivity contribution in [2.75, 3.05) is 17.2 Å². The third kappa shape index (κ3) is 4.62. The van der Waals surface area contributed by atoms with Crippen LogP contribution < -0.4 is 16.4 Å². The summed E-state index contributed by atoms with van der Waals surface area (Å²) in [5, 5.41) is 15.1. The molecule has 1 aliphatic carbocycles. The number of rotatable bonds is 7. The van der Waals surface area contributed by atoms with Crippen LogP contribution in [0.3, 0.4) is 0 Å². The van der Waals surface area contributed by atoms with E-state index in [9.17, 15) is 18.7 Å². The molecule has 34 heavy (non-hydrogen) atoms. The van der Waals surface area contributed by atoms with E-state index in [4.69, 9.17) is 17.3 Å². The molecule has 1 atom stereocenters. The Kier molecular flexibility index (Phi) is 6.59. The molecule has 0 bridgehead atoms. The fraction of sp³-hybridized carbons (Fsp3) is 0.455. The van der Waals surface area contributed by atoms with Crippen LogP contribution in [0, 0.1) is 17.0 Å². The SMILES string of the molecule is C[C@@H](CO)Nc1ncc2nc(Nc3c(F)cc(F)cc3Cl)n([C@H]3CC[C@@](C)(C(N)=O)CC3)c2n1. The monoisotopic (exact) mass is 493 g/mol. The number of anilines is 3. The number of nitrogens with one attached hydrogen (secondary N) is 2. The van der Waals surface area contributed by atoms with Crippen LogP contribution in [-0.4, -0.2) is 43.2 Å². The van der Waals surface area contributed by atoms with Gasteiger partial charge in [-0.2, -0.15) is 4.98 Å². The van der Waals surface area contributed by atoms with Crippen LogP contribution in [0.2, 0.25) is 5.02 Å². The fourth-order valence-corrected chi connectivity index (χ4v) is 4.42. The lowest BCUT2D eigenvalue weighted by Gasteiger charge is -2.35. The quantitative estimate of drug-likeness (QED) is 0.392. The van der Waals surface area contributed by atoms with Gasteiger partial charge >= 0.3 is 0 Å². The van der Waals surface area contributed by atoms with Gasteiger partial charge in [-0.15, -0.1) is 0 Å². The highest BCUT2D eigenvalue weighted by molar-refractivity contribution is 6.33. The molecule has 1 aromatic carbocycles. The maximum Gasteiger partial charge on any atom is 0.225 e. The van der Waals surface area contributed by atoms with E-state index in [-0.39, 0.29) is 41.3 Å². The number of carbonyl (C=O) groups excluding carboxylic acids is 1. The minimum Gasteiger partial charge on any atom is -0.394 e. The number of aliphatic hydroxyl groups is 1. The van der Waals surface area contributed by atoms with Crippen LogP contribution in [0.15, 0.2) is 18.3 Å². The van der Waals surface area contributed by atoms with Crippen molar-refractivity contribution in [1.29, 1.82) is 0 Å². The number of halogens is 3. The summed E-state index contributed by atoms with van der Waals surface area (Å²) in [5.41, 5.74) is 5.82. The molecule has 4 rings (SSSR count). The molecule has 2 aromatic heterocycles. The predicted molar refractivity (Wildman–Crippen MR) is 125 cm³/mol. The normalized spacial score (nSPS) is 21.4. The average Bonchev–Trinajstić information content (AvgIpc) is 3.14. The number of benzene rings is 1. The highest BCUT2D eigenvalue weighted by atomic mass is 35.5. The molecule has 1 fully saturated rings. The first-order valence-corrected chi connectivity index (χ1v) is 11.3. The van der Waals surface area contributed by atoms with Gasteiger partial charge in [0.05, 0.1) is 23.5 Å². The largest absolute Gasteiger partial charge is 0.394 e. The summed E-state index contributed by atoms with van der Waals surface area (Å²) < 4.78 is 29.9. The molecule has 0 aliphatic heterocycles. The Balaban J connectivity index is 1.78. The van der Waals surface area contributed by atoms with E-state index in [0.717, 1.165) is 12.1 Å². The lowest BCUT2D eigenvalue weighted by molar-refractivity contribution is -0.128. The van der Waals surface area contributed by atoms with Crippen molar-refractivity contribution < 1.29 is 18.7 Å². The second kappa shape index (κ2) is 9.30. The number of primary amides is 1. The Morgan fingerprint density at radius 3 is 2.68 bits per heavy atom. The van der Waals surface area contributed by atoms with E-state index in [2.05, 4.69) is 25.6 Å². The molecular formula is C22H26ClF2N7O2. The van der Waals surface area contributed by atoms with Crippen molar-refractivity contribution in [3.8, 4) is 0 Å². The number of aromatic nitrogens is 4. The van der Waals surface area contributed by atoms with Crippen molar-refractivity contribution in [2.24, 2.45) is 11.1 Å². The number of hydrogen-bond acceptors (Lipinski definition) is 7. The zero-order valence-electron chi connectivity index (χ0n) is 18.8. The highest BCUT2D eigenvalue weighted by Gasteiger charge is 2.37. The lowest BCUT2D eigenvalue weighted by Crippen LogP contribution is -2.38. The Bertz CT molecular complexity index is 1200. The zero-order valence-corrected chi connectivity index (χ0v) is 19.5. The minimum atomic E-state index is -0.862. The van der Waals surface area contributed by atoms with Gasteiger partial charge in [0.1, 0.15) is 11.3 Å². The Hall–Kier alpha value is -3.05. The molecule has 9 nitrogen and oxygen atoms in total. The van der Waals surface area contributed by atoms with E-state index in [1.54, 1.807) is 6.92 Å². The third-order valence-corrected chi connectivity index (χ3v) is 6.64. The van der Waals surface area contributed by atoms with Gasteiger partial charge in [0.2, 0.25) is 17.8 Å². The van der Waals surface area contributed by atoms with Gasteiger partial charge in [0.15, 0.2) is 11.5 Å². The van der Waals surface area contributed by atoms with Gasteiger partial charge in [-0.3, -0.25) is 9.36 Å². The van der Waals surface area contributed by atoms with Crippen LogP contribution in [0.5, 0.6) is 0 Å². The minimum absolute atomic E-state index is 0.107. The molecule has 5 N–H and O–H groups in total. The molecular weight excluding hydrogens is 468 g/mol. The fourth-order valence-electron chi connectivity index (χ4n) is 4.18. The molecule has 0 spiro atoms. The first-order valence-electron chi connectivity index (χ1n) is 10.9. The Labute approximate surface area is 199 Å². The summed E-state index contributed by atoms with van der Waals surface area (Å²) >= 11 is 6.10. The average molecular weight is 494 g/mol. The molecule has 1 amide bonds. The van der Waals surface area contributed by atoms with Crippen molar-refractivity contribution in [3.05, 3.63) is 35.0 Å². The predicted octanol–water partition coefficient (Wildman–Crippen LogP) is 3.90. The summed E-state index contributed by atoms with van der Waals surface area (Å²) in [5.74, 6) is -1.44. The second-order valence-electron chi connectivity index (χ2n) is 8.96. The number of aliphatic hydroxyl groups excluding tert-OH is 1. The van der Waals surface area contributed by atoms with Gasteiger partial charge in [0.25, 0.3) is 0 Å². The van der Waals surface area contributed by atoms with Crippen molar-refractivity contribution in [2.45, 2.75) is 51.6 Å². The number of fused-ring (bicyclic) bond motifs is 1. The van der Waals surface area contributed by atoms with Crippen LogP contribution in [0.4, 0.5) is 26.4 Å². The summed E-state index contributed by atoms with van der Waals surface area (Å²) in [6.45, 7) is 3.53. The van der Waals surface area contributed by atoms with Gasteiger partial charge in [-0.25, -0.2) is 18.7 Å². The standard InChI is InChI=1S/C22H26ClF2N7O2/c1-11(10-33)28-20-27-9-16-18(31-20)32(13-3-5-22(2,6-4-13)19(26)34)21(29-16)30-17-14(23)7-12(24)8-15(17)25/h7-9,11,13,33H,3-6,10H2,1-2H3,(H2,26,34)(H,29,30)(H,27,28,31)/t11-,13-,22+/m0/s1. The van der Waals surface area contributed by atoms with Crippen molar-refractivity contribution in [1.82, 2.24) is 19.5 Å². The molecule has 0 radical (unpaired) electrons. The van der Waals surface area contributed by atoms with Crippen molar-refractivity contribution in [3.63, 3.8) is 0 Å². The molecule has 1 saturated carbocycles. The first kappa shape index (κ1) is 24.1. The number of carbonyl (C=O) groups is 1. The van der Waals surface area contributed by atoms with Crippen molar-refractivity contribution >= 4 is 46.3 Å². The zero-order chi connectivity index (χ0) is 24.6. The van der Waals surface area contributed by atoms with Gasteiger partial charge in [0, 0.05) is 23.6 Å². The maximum absolute atomic E-state index is 14.5. The maximum atomic E-state index is 14.5. The third-order valence-electron chi connectivity index (χ3n) is 6.34. The smallest absolute Gasteiger partial charge is 0.225 e. The summed E-state index contributed by atoms with van der Waals surface area (Å²) in [7, 11) is 0. The molecule has 0 unspecified atom stereocenters. The van der Waals surface area contributed by atoms with Gasteiger partial charge < -0.3 is 21.5 Å².